The van der Waals surface area contributed by atoms with Crippen molar-refractivity contribution in [1.82, 2.24) is 24.8 Å². The quantitative estimate of drug-likeness (QED) is 0.555. The van der Waals surface area contributed by atoms with E-state index in [0.29, 0.717) is 17.6 Å². The molecule has 1 aliphatic heterocycles. The van der Waals surface area contributed by atoms with Gasteiger partial charge < -0.3 is 14.7 Å². The summed E-state index contributed by atoms with van der Waals surface area (Å²) < 4.78 is 5.76. The van der Waals surface area contributed by atoms with Gasteiger partial charge in [0, 0.05) is 31.5 Å². The molecule has 3 aromatic heterocycles. The minimum atomic E-state index is 0.194. The van der Waals surface area contributed by atoms with Crippen molar-refractivity contribution in [2.45, 2.75) is 24.9 Å². The Morgan fingerprint density at radius 2 is 1.93 bits per heavy atom. The summed E-state index contributed by atoms with van der Waals surface area (Å²) in [5.41, 5.74) is 3.96. The van der Waals surface area contributed by atoms with Gasteiger partial charge in [0.15, 0.2) is 5.58 Å². The number of imidazole rings is 1. The molecule has 7 nitrogen and oxygen atoms in total. The molecule has 0 bridgehead atoms. The molecule has 142 valence electrons. The molecular formula is C21H22N6O. The third kappa shape index (κ3) is 3.36. The molecule has 0 amide bonds. The summed E-state index contributed by atoms with van der Waals surface area (Å²) in [6, 6.07) is 13.6. The maximum absolute atomic E-state index is 5.76. The third-order valence-corrected chi connectivity index (χ3v) is 5.34. The van der Waals surface area contributed by atoms with Crippen LogP contribution in [0.4, 0.5) is 6.01 Å². The molecule has 2 N–H and O–H groups in total. The van der Waals surface area contributed by atoms with Crippen molar-refractivity contribution in [3.05, 3.63) is 72.6 Å². The first kappa shape index (κ1) is 16.9. The summed E-state index contributed by atoms with van der Waals surface area (Å²) in [7, 11) is 0. The lowest BCUT2D eigenvalue weighted by Gasteiger charge is -2.37. The van der Waals surface area contributed by atoms with Gasteiger partial charge in [0.1, 0.15) is 5.52 Å². The number of aromatic nitrogens is 4. The molecule has 28 heavy (non-hydrogen) atoms. The van der Waals surface area contributed by atoms with E-state index in [1.165, 1.54) is 5.56 Å². The zero-order valence-electron chi connectivity index (χ0n) is 15.5. The van der Waals surface area contributed by atoms with Gasteiger partial charge in [-0.2, -0.15) is 4.98 Å². The summed E-state index contributed by atoms with van der Waals surface area (Å²) in [4.78, 5) is 18.6. The van der Waals surface area contributed by atoms with Gasteiger partial charge in [-0.05, 0) is 24.5 Å². The third-order valence-electron chi connectivity index (χ3n) is 5.34. The molecule has 4 aromatic rings. The Labute approximate surface area is 162 Å². The summed E-state index contributed by atoms with van der Waals surface area (Å²) in [6.45, 7) is 1.97. The van der Waals surface area contributed by atoms with Crippen molar-refractivity contribution in [3.8, 4) is 0 Å². The fourth-order valence-electron chi connectivity index (χ4n) is 3.96. The van der Waals surface area contributed by atoms with E-state index >= 15 is 0 Å². The van der Waals surface area contributed by atoms with Crippen LogP contribution in [0.1, 0.15) is 30.1 Å². The van der Waals surface area contributed by atoms with Gasteiger partial charge in [-0.1, -0.05) is 30.3 Å². The number of nitrogens with one attached hydrogen (secondary N) is 2. The van der Waals surface area contributed by atoms with Crippen molar-refractivity contribution in [2.75, 3.05) is 18.4 Å². The Hall–Kier alpha value is -3.19. The smallest absolute Gasteiger partial charge is 0.295 e. The van der Waals surface area contributed by atoms with Crippen LogP contribution in [0.15, 0.2) is 65.7 Å². The lowest BCUT2D eigenvalue weighted by atomic mass is 9.97. The largest absolute Gasteiger partial charge is 0.422 e. The molecule has 4 heterocycles. The summed E-state index contributed by atoms with van der Waals surface area (Å²) >= 11 is 0. The first-order valence-electron chi connectivity index (χ1n) is 9.61. The standard InChI is InChI=1S/C21H22N6O/c1-2-4-15(5-3-1)20(18-12-23-14-24-18)27-10-7-16(8-11-27)25-21-26-17-6-9-22-13-19(17)28-21/h1-6,9,12-14,16,20H,7-8,10-11H2,(H,23,24)(H,25,26). The van der Waals surface area contributed by atoms with Crippen molar-refractivity contribution >= 4 is 17.1 Å². The number of fused-ring (bicyclic) bond motifs is 1. The number of benzene rings is 1. The SMILES string of the molecule is c1ccc(C(c2cnc[nH]2)N2CCC(Nc3nc4ccncc4o3)CC2)cc1. The second kappa shape index (κ2) is 7.44. The maximum atomic E-state index is 5.76. The first-order valence-corrected chi connectivity index (χ1v) is 9.61. The van der Waals surface area contributed by atoms with Crippen molar-refractivity contribution in [1.29, 1.82) is 0 Å². The number of likely N-dealkylation sites (tertiary alicyclic amines) is 1. The molecule has 1 unspecified atom stereocenters. The Bertz CT molecular complexity index is 988. The van der Waals surface area contributed by atoms with Crippen LogP contribution in [-0.2, 0) is 0 Å². The predicted molar refractivity (Wildman–Crippen MR) is 107 cm³/mol. The van der Waals surface area contributed by atoms with Gasteiger partial charge in [0.25, 0.3) is 6.01 Å². The molecule has 0 radical (unpaired) electrons. The van der Waals surface area contributed by atoms with Crippen molar-refractivity contribution in [3.63, 3.8) is 0 Å². The van der Waals surface area contributed by atoms with Gasteiger partial charge in [0.2, 0.25) is 0 Å². The number of aromatic amines is 1. The highest BCUT2D eigenvalue weighted by Gasteiger charge is 2.28. The summed E-state index contributed by atoms with van der Waals surface area (Å²) in [6.07, 6.45) is 9.15. The van der Waals surface area contributed by atoms with E-state index in [4.69, 9.17) is 4.42 Å². The molecular weight excluding hydrogens is 352 g/mol. The molecule has 0 spiro atoms. The fourth-order valence-corrected chi connectivity index (χ4v) is 3.96. The fraction of sp³-hybridized carbons (Fsp3) is 0.286. The van der Waals surface area contributed by atoms with Crippen LogP contribution in [0.5, 0.6) is 0 Å². The highest BCUT2D eigenvalue weighted by Crippen LogP contribution is 2.30. The average molecular weight is 374 g/mol. The van der Waals surface area contributed by atoms with Crippen LogP contribution in [0.3, 0.4) is 0 Å². The van der Waals surface area contributed by atoms with Gasteiger partial charge in [-0.25, -0.2) is 4.98 Å². The number of rotatable bonds is 5. The van der Waals surface area contributed by atoms with E-state index in [1.54, 1.807) is 18.7 Å². The van der Waals surface area contributed by atoms with E-state index in [1.807, 2.05) is 12.3 Å². The summed E-state index contributed by atoms with van der Waals surface area (Å²) in [5.74, 6) is 0. The van der Waals surface area contributed by atoms with Crippen LogP contribution < -0.4 is 5.32 Å². The van der Waals surface area contributed by atoms with Crippen LogP contribution in [0.2, 0.25) is 0 Å². The van der Waals surface area contributed by atoms with Crippen LogP contribution in [0, 0.1) is 0 Å². The highest BCUT2D eigenvalue weighted by molar-refractivity contribution is 5.72. The average Bonchev–Trinajstić information content (AvgIpc) is 3.40. The number of oxazole rings is 1. The molecule has 1 aliphatic rings. The maximum Gasteiger partial charge on any atom is 0.295 e. The predicted octanol–water partition coefficient (Wildman–Crippen LogP) is 3.61. The lowest BCUT2D eigenvalue weighted by Crippen LogP contribution is -2.41. The highest BCUT2D eigenvalue weighted by atomic mass is 16.4. The molecule has 1 fully saturated rings. The molecule has 0 saturated carbocycles. The topological polar surface area (TPSA) is 82.9 Å². The van der Waals surface area contributed by atoms with E-state index in [0.717, 1.165) is 37.1 Å². The van der Waals surface area contributed by atoms with E-state index < -0.39 is 0 Å². The van der Waals surface area contributed by atoms with E-state index in [2.05, 4.69) is 60.5 Å². The Kier molecular flexibility index (Phi) is 4.50. The van der Waals surface area contributed by atoms with E-state index in [-0.39, 0.29) is 6.04 Å². The zero-order valence-corrected chi connectivity index (χ0v) is 15.5. The van der Waals surface area contributed by atoms with Gasteiger partial charge >= 0.3 is 0 Å². The number of nitrogens with zero attached hydrogens (tertiary/aromatic N) is 4. The Balaban J connectivity index is 1.28. The zero-order chi connectivity index (χ0) is 18.8. The molecule has 0 aliphatic carbocycles. The summed E-state index contributed by atoms with van der Waals surface area (Å²) in [5, 5.41) is 3.45. The minimum absolute atomic E-state index is 0.194. The number of hydrogen-bond acceptors (Lipinski definition) is 6. The molecule has 5 rings (SSSR count). The number of pyridine rings is 1. The second-order valence-electron chi connectivity index (χ2n) is 7.14. The number of H-pyrrole nitrogens is 1. The van der Waals surface area contributed by atoms with Crippen molar-refractivity contribution < 1.29 is 4.42 Å². The van der Waals surface area contributed by atoms with Crippen LogP contribution in [0.25, 0.3) is 11.1 Å². The van der Waals surface area contributed by atoms with Crippen LogP contribution >= 0.6 is 0 Å². The van der Waals surface area contributed by atoms with Gasteiger partial charge in [-0.15, -0.1) is 0 Å². The second-order valence-corrected chi connectivity index (χ2v) is 7.14. The van der Waals surface area contributed by atoms with Crippen LogP contribution in [-0.4, -0.2) is 44.0 Å². The Morgan fingerprint density at radius 1 is 1.07 bits per heavy atom. The van der Waals surface area contributed by atoms with Gasteiger partial charge in [0.05, 0.1) is 24.3 Å². The van der Waals surface area contributed by atoms with Crippen molar-refractivity contribution in [2.24, 2.45) is 0 Å². The number of hydrogen-bond donors (Lipinski definition) is 2. The normalized spacial score (nSPS) is 17.0. The Morgan fingerprint density at radius 3 is 2.68 bits per heavy atom. The monoisotopic (exact) mass is 374 g/mol. The number of anilines is 1. The minimum Gasteiger partial charge on any atom is -0.422 e. The molecule has 7 heteroatoms. The molecule has 1 aromatic carbocycles. The van der Waals surface area contributed by atoms with Gasteiger partial charge in [-0.3, -0.25) is 9.88 Å². The van der Waals surface area contributed by atoms with E-state index in [9.17, 15) is 0 Å². The first-order chi connectivity index (χ1) is 13.9. The number of piperidine rings is 1. The molecule has 1 saturated heterocycles. The molecule has 1 atom stereocenters. The lowest BCUT2D eigenvalue weighted by molar-refractivity contribution is 0.176.